The molecule has 1 amide bonds. The SMILES string of the molecule is CNCc1ccc(N2CC(=O)Nc3ccccc32)cc1C. The number of aryl methyl sites for hydroxylation is 1. The van der Waals surface area contributed by atoms with Crippen LogP contribution >= 0.6 is 0 Å². The number of anilines is 3. The number of hydrogen-bond acceptors (Lipinski definition) is 3. The van der Waals surface area contributed by atoms with Crippen LogP contribution in [0.1, 0.15) is 11.1 Å². The minimum absolute atomic E-state index is 0.0191. The summed E-state index contributed by atoms with van der Waals surface area (Å²) in [5.74, 6) is 0.0191. The van der Waals surface area contributed by atoms with Gasteiger partial charge >= 0.3 is 0 Å². The number of rotatable bonds is 3. The van der Waals surface area contributed by atoms with Gasteiger partial charge in [-0.3, -0.25) is 4.79 Å². The summed E-state index contributed by atoms with van der Waals surface area (Å²) in [5.41, 5.74) is 5.46. The lowest BCUT2D eigenvalue weighted by Gasteiger charge is -2.31. The number of para-hydroxylation sites is 2. The fraction of sp³-hybridized carbons (Fsp3) is 0.235. The molecule has 4 heteroatoms. The average Bonchev–Trinajstić information content (AvgIpc) is 2.48. The summed E-state index contributed by atoms with van der Waals surface area (Å²) in [5, 5.41) is 6.08. The van der Waals surface area contributed by atoms with Crippen LogP contribution in [-0.4, -0.2) is 19.5 Å². The zero-order chi connectivity index (χ0) is 14.8. The van der Waals surface area contributed by atoms with Crippen molar-refractivity contribution in [2.75, 3.05) is 23.8 Å². The summed E-state index contributed by atoms with van der Waals surface area (Å²) < 4.78 is 0. The van der Waals surface area contributed by atoms with Crippen LogP contribution in [0.25, 0.3) is 0 Å². The molecule has 4 nitrogen and oxygen atoms in total. The first-order valence-corrected chi connectivity index (χ1v) is 7.09. The van der Waals surface area contributed by atoms with Crippen molar-refractivity contribution >= 4 is 23.0 Å². The first kappa shape index (κ1) is 13.6. The number of nitrogens with zero attached hydrogens (tertiary/aromatic N) is 1. The Morgan fingerprint density at radius 3 is 2.81 bits per heavy atom. The van der Waals surface area contributed by atoms with Gasteiger partial charge in [0.05, 0.1) is 11.4 Å². The third-order valence-electron chi connectivity index (χ3n) is 3.78. The van der Waals surface area contributed by atoms with Crippen molar-refractivity contribution in [1.29, 1.82) is 0 Å². The van der Waals surface area contributed by atoms with Crippen LogP contribution in [0.4, 0.5) is 17.1 Å². The molecule has 2 aromatic carbocycles. The third-order valence-corrected chi connectivity index (χ3v) is 3.78. The van der Waals surface area contributed by atoms with Crippen LogP contribution in [0.15, 0.2) is 42.5 Å². The van der Waals surface area contributed by atoms with Crippen molar-refractivity contribution in [3.63, 3.8) is 0 Å². The molecular weight excluding hydrogens is 262 g/mol. The van der Waals surface area contributed by atoms with Crippen molar-refractivity contribution in [2.24, 2.45) is 0 Å². The second-order valence-corrected chi connectivity index (χ2v) is 5.29. The zero-order valence-corrected chi connectivity index (χ0v) is 12.3. The van der Waals surface area contributed by atoms with Crippen molar-refractivity contribution in [2.45, 2.75) is 13.5 Å². The molecule has 108 valence electrons. The van der Waals surface area contributed by atoms with Crippen LogP contribution in [0, 0.1) is 6.92 Å². The van der Waals surface area contributed by atoms with Gasteiger partial charge in [-0.1, -0.05) is 18.2 Å². The summed E-state index contributed by atoms with van der Waals surface area (Å²) in [6, 6.07) is 14.2. The molecule has 3 rings (SSSR count). The Bertz CT molecular complexity index is 681. The molecule has 1 aliphatic rings. The predicted molar refractivity (Wildman–Crippen MR) is 86.0 cm³/mol. The summed E-state index contributed by atoms with van der Waals surface area (Å²) in [6.45, 7) is 3.30. The molecule has 1 heterocycles. The average molecular weight is 281 g/mol. The maximum atomic E-state index is 11.9. The molecule has 0 aromatic heterocycles. The van der Waals surface area contributed by atoms with Gasteiger partial charge in [0.1, 0.15) is 6.54 Å². The number of hydrogen-bond donors (Lipinski definition) is 2. The Morgan fingerprint density at radius 1 is 1.24 bits per heavy atom. The van der Waals surface area contributed by atoms with Gasteiger partial charge in [0, 0.05) is 12.2 Å². The van der Waals surface area contributed by atoms with Crippen LogP contribution in [0.5, 0.6) is 0 Å². The molecule has 1 aliphatic heterocycles. The minimum Gasteiger partial charge on any atom is -0.330 e. The van der Waals surface area contributed by atoms with E-state index in [0.29, 0.717) is 6.54 Å². The molecule has 2 aromatic rings. The van der Waals surface area contributed by atoms with E-state index < -0.39 is 0 Å². The number of carbonyl (C=O) groups excluding carboxylic acids is 1. The Hall–Kier alpha value is -2.33. The van der Waals surface area contributed by atoms with E-state index in [0.717, 1.165) is 23.6 Å². The second kappa shape index (κ2) is 5.58. The first-order chi connectivity index (χ1) is 10.2. The van der Waals surface area contributed by atoms with Crippen LogP contribution in [-0.2, 0) is 11.3 Å². The lowest BCUT2D eigenvalue weighted by molar-refractivity contribution is -0.115. The van der Waals surface area contributed by atoms with E-state index in [1.54, 1.807) is 0 Å². The van der Waals surface area contributed by atoms with Gasteiger partial charge < -0.3 is 15.5 Å². The van der Waals surface area contributed by atoms with Gasteiger partial charge in [-0.05, 0) is 49.4 Å². The highest BCUT2D eigenvalue weighted by Crippen LogP contribution is 2.35. The zero-order valence-electron chi connectivity index (χ0n) is 12.3. The Balaban J connectivity index is 2.01. The molecule has 0 bridgehead atoms. The maximum Gasteiger partial charge on any atom is 0.244 e. The fourth-order valence-electron chi connectivity index (χ4n) is 2.70. The van der Waals surface area contributed by atoms with E-state index in [1.165, 1.54) is 11.1 Å². The monoisotopic (exact) mass is 281 g/mol. The molecule has 21 heavy (non-hydrogen) atoms. The molecule has 0 saturated heterocycles. The quantitative estimate of drug-likeness (QED) is 0.909. The summed E-state index contributed by atoms with van der Waals surface area (Å²) in [4.78, 5) is 14.0. The minimum atomic E-state index is 0.0191. The van der Waals surface area contributed by atoms with Gasteiger partial charge in [0.15, 0.2) is 0 Å². The lowest BCUT2D eigenvalue weighted by atomic mass is 10.1. The normalized spacial score (nSPS) is 13.8. The molecule has 0 saturated carbocycles. The Morgan fingerprint density at radius 2 is 2.05 bits per heavy atom. The van der Waals surface area contributed by atoms with Gasteiger partial charge in [0.25, 0.3) is 0 Å². The summed E-state index contributed by atoms with van der Waals surface area (Å²) in [6.07, 6.45) is 0. The number of benzene rings is 2. The lowest BCUT2D eigenvalue weighted by Crippen LogP contribution is -2.35. The van der Waals surface area contributed by atoms with Crippen LogP contribution in [0.2, 0.25) is 0 Å². The molecule has 0 spiro atoms. The largest absolute Gasteiger partial charge is 0.330 e. The number of nitrogens with one attached hydrogen (secondary N) is 2. The first-order valence-electron chi connectivity index (χ1n) is 7.09. The van der Waals surface area contributed by atoms with Crippen molar-refractivity contribution in [1.82, 2.24) is 5.32 Å². The van der Waals surface area contributed by atoms with Crippen LogP contribution < -0.4 is 15.5 Å². The summed E-state index contributed by atoms with van der Waals surface area (Å²) >= 11 is 0. The molecule has 2 N–H and O–H groups in total. The van der Waals surface area contributed by atoms with Crippen molar-refractivity contribution in [3.8, 4) is 0 Å². The van der Waals surface area contributed by atoms with Crippen LogP contribution in [0.3, 0.4) is 0 Å². The van der Waals surface area contributed by atoms with Gasteiger partial charge in [-0.15, -0.1) is 0 Å². The third kappa shape index (κ3) is 2.62. The van der Waals surface area contributed by atoms with E-state index in [9.17, 15) is 4.79 Å². The van der Waals surface area contributed by atoms with E-state index in [4.69, 9.17) is 0 Å². The van der Waals surface area contributed by atoms with Gasteiger partial charge in [0.2, 0.25) is 5.91 Å². The fourth-order valence-corrected chi connectivity index (χ4v) is 2.70. The van der Waals surface area contributed by atoms with Gasteiger partial charge in [-0.2, -0.15) is 0 Å². The topological polar surface area (TPSA) is 44.4 Å². The van der Waals surface area contributed by atoms with E-state index in [1.807, 2.05) is 31.3 Å². The highest BCUT2D eigenvalue weighted by atomic mass is 16.2. The molecular formula is C17H19N3O. The highest BCUT2D eigenvalue weighted by Gasteiger charge is 2.22. The van der Waals surface area contributed by atoms with Crippen molar-refractivity contribution in [3.05, 3.63) is 53.6 Å². The summed E-state index contributed by atoms with van der Waals surface area (Å²) in [7, 11) is 1.94. The number of amides is 1. The molecule has 0 aliphatic carbocycles. The highest BCUT2D eigenvalue weighted by molar-refractivity contribution is 6.03. The number of carbonyl (C=O) groups is 1. The molecule has 0 fully saturated rings. The van der Waals surface area contributed by atoms with Gasteiger partial charge in [-0.25, -0.2) is 0 Å². The van der Waals surface area contributed by atoms with E-state index in [-0.39, 0.29) is 5.91 Å². The van der Waals surface area contributed by atoms with E-state index >= 15 is 0 Å². The molecule has 0 atom stereocenters. The van der Waals surface area contributed by atoms with Crippen molar-refractivity contribution < 1.29 is 4.79 Å². The maximum absolute atomic E-state index is 11.9. The smallest absolute Gasteiger partial charge is 0.244 e. The molecule has 0 unspecified atom stereocenters. The second-order valence-electron chi connectivity index (χ2n) is 5.29. The Kier molecular flexibility index (Phi) is 3.62. The standard InChI is InChI=1S/C17H19N3O/c1-12-9-14(8-7-13(12)10-18-2)20-11-17(21)19-15-5-3-4-6-16(15)20/h3-9,18H,10-11H2,1-2H3,(H,19,21). The molecule has 0 radical (unpaired) electrons. The Labute approximate surface area is 124 Å². The number of fused-ring (bicyclic) bond motifs is 1. The van der Waals surface area contributed by atoms with E-state index in [2.05, 4.69) is 40.7 Å². The predicted octanol–water partition coefficient (Wildman–Crippen LogP) is 2.80.